The Kier molecular flexibility index (Phi) is 9.19. The number of carbonyl (C=O) groups excluding carboxylic acids is 3. The van der Waals surface area contributed by atoms with Crippen molar-refractivity contribution in [3.05, 3.63) is 24.3 Å². The number of methoxy groups -OCH3 is 1. The summed E-state index contributed by atoms with van der Waals surface area (Å²) in [6.07, 6.45) is 6.18. The minimum Gasteiger partial charge on any atom is -0.495 e. The predicted octanol–water partition coefficient (Wildman–Crippen LogP) is 3.87. The third-order valence-corrected chi connectivity index (χ3v) is 7.30. The lowest BCUT2D eigenvalue weighted by molar-refractivity contribution is -0.147. The molecule has 1 aliphatic carbocycles. The number of piperazine rings is 1. The number of ether oxygens (including phenoxy) is 1. The smallest absolute Gasteiger partial charge is 0.320 e. The fraction of sp³-hybridized carbons (Fsp3) is 0.654. The van der Waals surface area contributed by atoms with E-state index in [1.54, 1.807) is 24.1 Å². The average molecular weight is 473 g/mol. The van der Waals surface area contributed by atoms with Crippen LogP contribution < -0.4 is 15.4 Å². The summed E-state index contributed by atoms with van der Waals surface area (Å²) in [5.41, 5.74) is 0.543. The first-order valence-corrected chi connectivity index (χ1v) is 12.7. The number of nitrogens with one attached hydrogen (secondary N) is 2. The van der Waals surface area contributed by atoms with Crippen LogP contribution in [-0.4, -0.2) is 66.5 Å². The molecule has 1 aromatic rings. The van der Waals surface area contributed by atoms with Crippen molar-refractivity contribution in [3.8, 4) is 5.75 Å². The number of nitrogens with zero attached hydrogens (tertiary/aromatic N) is 2. The third-order valence-electron chi connectivity index (χ3n) is 7.30. The van der Waals surface area contributed by atoms with Gasteiger partial charge in [0.2, 0.25) is 11.8 Å². The summed E-state index contributed by atoms with van der Waals surface area (Å²) in [5, 5.41) is 5.68. The van der Waals surface area contributed by atoms with Crippen molar-refractivity contribution >= 4 is 23.5 Å². The molecular weight excluding hydrogens is 432 g/mol. The Hall–Kier alpha value is -2.77. The molecule has 0 radical (unpaired) electrons. The Morgan fingerprint density at radius 3 is 2.47 bits per heavy atom. The molecule has 3 unspecified atom stereocenters. The van der Waals surface area contributed by atoms with E-state index in [2.05, 4.69) is 10.6 Å². The Balaban J connectivity index is 1.62. The van der Waals surface area contributed by atoms with Crippen LogP contribution in [0.2, 0.25) is 0 Å². The van der Waals surface area contributed by atoms with Crippen LogP contribution in [0.4, 0.5) is 10.5 Å². The lowest BCUT2D eigenvalue weighted by atomic mass is 9.87. The number of rotatable bonds is 7. The summed E-state index contributed by atoms with van der Waals surface area (Å²) in [4.78, 5) is 43.1. The van der Waals surface area contributed by atoms with Gasteiger partial charge in [0.25, 0.3) is 0 Å². The van der Waals surface area contributed by atoms with E-state index in [0.717, 1.165) is 32.1 Å². The van der Waals surface area contributed by atoms with Crippen molar-refractivity contribution in [2.75, 3.05) is 32.1 Å². The van der Waals surface area contributed by atoms with E-state index < -0.39 is 12.1 Å². The molecule has 0 aromatic heterocycles. The molecule has 3 rings (SSSR count). The van der Waals surface area contributed by atoms with Gasteiger partial charge in [0.15, 0.2) is 0 Å². The Labute approximate surface area is 203 Å². The van der Waals surface area contributed by atoms with Crippen molar-refractivity contribution in [3.63, 3.8) is 0 Å². The molecule has 1 saturated carbocycles. The highest BCUT2D eigenvalue weighted by atomic mass is 16.5. The lowest BCUT2D eigenvalue weighted by Gasteiger charge is -2.43. The van der Waals surface area contributed by atoms with E-state index in [4.69, 9.17) is 4.74 Å². The van der Waals surface area contributed by atoms with E-state index in [9.17, 15) is 14.4 Å². The topological polar surface area (TPSA) is 91.0 Å². The fourth-order valence-electron chi connectivity index (χ4n) is 5.00. The minimum absolute atomic E-state index is 0.0341. The summed E-state index contributed by atoms with van der Waals surface area (Å²) < 4.78 is 5.30. The highest BCUT2D eigenvalue weighted by molar-refractivity contribution is 5.95. The van der Waals surface area contributed by atoms with E-state index in [1.165, 1.54) is 6.42 Å². The van der Waals surface area contributed by atoms with Crippen molar-refractivity contribution < 1.29 is 19.1 Å². The highest BCUT2D eigenvalue weighted by Gasteiger charge is 2.37. The van der Waals surface area contributed by atoms with Gasteiger partial charge in [0, 0.05) is 31.6 Å². The number of hydrogen-bond donors (Lipinski definition) is 2. The first kappa shape index (κ1) is 25.8. The first-order valence-electron chi connectivity index (χ1n) is 12.7. The maximum absolute atomic E-state index is 13.5. The lowest BCUT2D eigenvalue weighted by Crippen LogP contribution is -2.61. The third kappa shape index (κ3) is 6.21. The molecule has 1 saturated heterocycles. The summed E-state index contributed by atoms with van der Waals surface area (Å²) in [7, 11) is 1.55. The van der Waals surface area contributed by atoms with E-state index >= 15 is 0 Å². The quantitative estimate of drug-likeness (QED) is 0.630. The fourth-order valence-corrected chi connectivity index (χ4v) is 5.00. The van der Waals surface area contributed by atoms with Gasteiger partial charge >= 0.3 is 6.03 Å². The molecule has 4 amide bonds. The zero-order chi connectivity index (χ0) is 24.7. The number of carbonyl (C=O) groups is 3. The van der Waals surface area contributed by atoms with Gasteiger partial charge in [-0.25, -0.2) is 4.79 Å². The van der Waals surface area contributed by atoms with Gasteiger partial charge in [-0.2, -0.15) is 0 Å². The monoisotopic (exact) mass is 472 g/mol. The number of hydrogen-bond acceptors (Lipinski definition) is 4. The normalized spacial score (nSPS) is 20.9. The SMILES string of the molecule is CCC(C)C(NC(=O)Nc1ccccc1OC)C(=O)N1CCN(C(=O)C2CCCCC2)C(C)C1. The molecule has 34 heavy (non-hydrogen) atoms. The second-order valence-corrected chi connectivity index (χ2v) is 9.66. The molecule has 0 bridgehead atoms. The molecular formula is C26H40N4O4. The van der Waals surface area contributed by atoms with Crippen LogP contribution in [0.3, 0.4) is 0 Å². The van der Waals surface area contributed by atoms with Gasteiger partial charge in [0.05, 0.1) is 12.8 Å². The second-order valence-electron chi connectivity index (χ2n) is 9.66. The number of benzene rings is 1. The van der Waals surface area contributed by atoms with Crippen LogP contribution in [0.15, 0.2) is 24.3 Å². The molecule has 0 spiro atoms. The maximum atomic E-state index is 13.5. The zero-order valence-electron chi connectivity index (χ0n) is 21.0. The summed E-state index contributed by atoms with van der Waals surface area (Å²) in [5.74, 6) is 0.796. The van der Waals surface area contributed by atoms with Crippen LogP contribution in [0.5, 0.6) is 5.75 Å². The number of urea groups is 1. The molecule has 188 valence electrons. The van der Waals surface area contributed by atoms with E-state index in [-0.39, 0.29) is 29.7 Å². The van der Waals surface area contributed by atoms with E-state index in [1.807, 2.05) is 37.8 Å². The van der Waals surface area contributed by atoms with Gasteiger partial charge in [0.1, 0.15) is 11.8 Å². The predicted molar refractivity (Wildman–Crippen MR) is 133 cm³/mol. The summed E-state index contributed by atoms with van der Waals surface area (Å²) in [6, 6.07) is 6.03. The van der Waals surface area contributed by atoms with Crippen molar-refractivity contribution in [1.82, 2.24) is 15.1 Å². The Morgan fingerprint density at radius 1 is 1.12 bits per heavy atom. The van der Waals surface area contributed by atoms with Gasteiger partial charge in [-0.3, -0.25) is 9.59 Å². The van der Waals surface area contributed by atoms with Gasteiger partial charge in [-0.05, 0) is 37.8 Å². The standard InChI is InChI=1S/C26H40N4O4/c1-5-18(2)23(28-26(33)27-21-13-9-10-14-22(21)34-4)25(32)29-15-16-30(19(3)17-29)24(31)20-11-7-6-8-12-20/h9-10,13-14,18-20,23H,5-8,11-12,15-17H2,1-4H3,(H2,27,28,33). The average Bonchev–Trinajstić information content (AvgIpc) is 2.86. The van der Waals surface area contributed by atoms with Gasteiger partial charge in [-0.1, -0.05) is 51.7 Å². The Morgan fingerprint density at radius 2 is 1.82 bits per heavy atom. The largest absolute Gasteiger partial charge is 0.495 e. The number of amides is 4. The molecule has 2 fully saturated rings. The van der Waals surface area contributed by atoms with Gasteiger partial charge in [-0.15, -0.1) is 0 Å². The molecule has 1 aliphatic heterocycles. The molecule has 1 aromatic carbocycles. The van der Waals surface area contributed by atoms with Crippen LogP contribution in [-0.2, 0) is 9.59 Å². The Bertz CT molecular complexity index is 855. The molecule has 3 atom stereocenters. The molecule has 1 heterocycles. The van der Waals surface area contributed by atoms with Crippen molar-refractivity contribution in [1.29, 1.82) is 0 Å². The second kappa shape index (κ2) is 12.1. The zero-order valence-corrected chi connectivity index (χ0v) is 21.0. The van der Waals surface area contributed by atoms with Crippen LogP contribution >= 0.6 is 0 Å². The van der Waals surface area contributed by atoms with Crippen molar-refractivity contribution in [2.24, 2.45) is 11.8 Å². The number of para-hydroxylation sites is 2. The summed E-state index contributed by atoms with van der Waals surface area (Å²) >= 11 is 0. The molecule has 2 N–H and O–H groups in total. The minimum atomic E-state index is -0.646. The summed E-state index contributed by atoms with van der Waals surface area (Å²) in [6.45, 7) is 7.51. The molecule has 8 heteroatoms. The van der Waals surface area contributed by atoms with Crippen LogP contribution in [0.25, 0.3) is 0 Å². The molecule has 2 aliphatic rings. The molecule has 8 nitrogen and oxygen atoms in total. The van der Waals surface area contributed by atoms with Crippen LogP contribution in [0.1, 0.15) is 59.3 Å². The van der Waals surface area contributed by atoms with E-state index in [0.29, 0.717) is 31.1 Å². The van der Waals surface area contributed by atoms with Crippen molar-refractivity contribution in [2.45, 2.75) is 71.4 Å². The first-order chi connectivity index (χ1) is 16.3. The highest BCUT2D eigenvalue weighted by Crippen LogP contribution is 2.27. The number of anilines is 1. The van der Waals surface area contributed by atoms with Crippen LogP contribution in [0, 0.1) is 11.8 Å². The maximum Gasteiger partial charge on any atom is 0.320 e. The van der Waals surface area contributed by atoms with Gasteiger partial charge < -0.3 is 25.2 Å².